The molecule has 0 fully saturated rings. The van der Waals surface area contributed by atoms with Gasteiger partial charge < -0.3 is 10.1 Å². The standard InChI is InChI=1S/C11H21N3O/c1-4-10(9-15-3)12-8-11-6-7-13-14(11)5-2/h6-7,10,12H,4-5,8-9H2,1-3H3/t10-/m1/s1. The van der Waals surface area contributed by atoms with E-state index in [0.717, 1.165) is 26.1 Å². The second kappa shape index (κ2) is 6.58. The van der Waals surface area contributed by atoms with E-state index in [1.165, 1.54) is 5.69 Å². The van der Waals surface area contributed by atoms with Gasteiger partial charge in [-0.05, 0) is 19.4 Å². The fraction of sp³-hybridized carbons (Fsp3) is 0.727. The van der Waals surface area contributed by atoms with Gasteiger partial charge in [-0.3, -0.25) is 4.68 Å². The summed E-state index contributed by atoms with van der Waals surface area (Å²) in [4.78, 5) is 0. The molecule has 4 heteroatoms. The quantitative estimate of drug-likeness (QED) is 0.741. The SMILES string of the molecule is CC[C@H](COC)NCc1ccnn1CC. The Labute approximate surface area is 91.6 Å². The number of aromatic nitrogens is 2. The van der Waals surface area contributed by atoms with Crippen LogP contribution in [0.15, 0.2) is 12.3 Å². The topological polar surface area (TPSA) is 39.1 Å². The maximum Gasteiger partial charge on any atom is 0.0615 e. The molecular formula is C11H21N3O. The van der Waals surface area contributed by atoms with Crippen LogP contribution in [-0.4, -0.2) is 29.5 Å². The maximum atomic E-state index is 5.14. The minimum atomic E-state index is 0.426. The minimum Gasteiger partial charge on any atom is -0.383 e. The molecule has 1 aromatic rings. The monoisotopic (exact) mass is 211 g/mol. The van der Waals surface area contributed by atoms with Crippen LogP contribution >= 0.6 is 0 Å². The smallest absolute Gasteiger partial charge is 0.0615 e. The van der Waals surface area contributed by atoms with E-state index in [0.29, 0.717) is 6.04 Å². The van der Waals surface area contributed by atoms with Gasteiger partial charge in [-0.25, -0.2) is 0 Å². The van der Waals surface area contributed by atoms with Crippen LogP contribution in [0, 0.1) is 0 Å². The predicted octanol–water partition coefficient (Wildman–Crippen LogP) is 1.42. The van der Waals surface area contributed by atoms with Crippen molar-refractivity contribution in [3.8, 4) is 0 Å². The average molecular weight is 211 g/mol. The highest BCUT2D eigenvalue weighted by Crippen LogP contribution is 2.00. The highest BCUT2D eigenvalue weighted by atomic mass is 16.5. The van der Waals surface area contributed by atoms with Gasteiger partial charge in [0, 0.05) is 32.4 Å². The van der Waals surface area contributed by atoms with Crippen LogP contribution in [0.3, 0.4) is 0 Å². The van der Waals surface area contributed by atoms with Gasteiger partial charge >= 0.3 is 0 Å². The summed E-state index contributed by atoms with van der Waals surface area (Å²) in [6, 6.07) is 2.48. The fourth-order valence-corrected chi connectivity index (χ4v) is 1.57. The Hall–Kier alpha value is -0.870. The lowest BCUT2D eigenvalue weighted by Crippen LogP contribution is -2.32. The molecule has 0 spiro atoms. The zero-order chi connectivity index (χ0) is 11.1. The maximum absolute atomic E-state index is 5.14. The molecule has 0 radical (unpaired) electrons. The van der Waals surface area contributed by atoms with Crippen molar-refractivity contribution in [3.63, 3.8) is 0 Å². The molecule has 1 aromatic heterocycles. The van der Waals surface area contributed by atoms with E-state index in [2.05, 4.69) is 30.3 Å². The molecule has 1 rings (SSSR count). The van der Waals surface area contributed by atoms with Crippen LogP contribution in [0.2, 0.25) is 0 Å². The Morgan fingerprint density at radius 1 is 1.53 bits per heavy atom. The molecule has 1 heterocycles. The third kappa shape index (κ3) is 3.64. The summed E-state index contributed by atoms with van der Waals surface area (Å²) in [5.41, 5.74) is 1.23. The van der Waals surface area contributed by atoms with E-state index in [9.17, 15) is 0 Å². The van der Waals surface area contributed by atoms with Gasteiger partial charge in [-0.1, -0.05) is 6.92 Å². The number of nitrogens with zero attached hydrogens (tertiary/aromatic N) is 2. The molecule has 0 aliphatic carbocycles. The van der Waals surface area contributed by atoms with Crippen molar-refractivity contribution >= 4 is 0 Å². The van der Waals surface area contributed by atoms with Gasteiger partial charge in [-0.15, -0.1) is 0 Å². The summed E-state index contributed by atoms with van der Waals surface area (Å²) in [7, 11) is 1.74. The molecule has 0 unspecified atom stereocenters. The first-order valence-corrected chi connectivity index (χ1v) is 5.54. The highest BCUT2D eigenvalue weighted by molar-refractivity contribution is 5.00. The van der Waals surface area contributed by atoms with Crippen molar-refractivity contribution in [1.29, 1.82) is 0 Å². The van der Waals surface area contributed by atoms with Gasteiger partial charge in [0.2, 0.25) is 0 Å². The van der Waals surface area contributed by atoms with Crippen LogP contribution in [0.4, 0.5) is 0 Å². The number of aryl methyl sites for hydroxylation is 1. The Kier molecular flexibility index (Phi) is 5.36. The van der Waals surface area contributed by atoms with Gasteiger partial charge in [0.05, 0.1) is 12.3 Å². The Bertz CT molecular complexity index is 273. The van der Waals surface area contributed by atoms with Crippen LogP contribution < -0.4 is 5.32 Å². The molecule has 0 bridgehead atoms. The molecule has 0 saturated carbocycles. The molecular weight excluding hydrogens is 190 g/mol. The van der Waals surface area contributed by atoms with Gasteiger partial charge in [0.25, 0.3) is 0 Å². The van der Waals surface area contributed by atoms with Crippen molar-refractivity contribution in [2.75, 3.05) is 13.7 Å². The van der Waals surface area contributed by atoms with Crippen molar-refractivity contribution in [3.05, 3.63) is 18.0 Å². The lowest BCUT2D eigenvalue weighted by atomic mass is 10.2. The number of ether oxygens (including phenoxy) is 1. The number of hydrogen-bond donors (Lipinski definition) is 1. The molecule has 1 N–H and O–H groups in total. The van der Waals surface area contributed by atoms with Gasteiger partial charge in [0.1, 0.15) is 0 Å². The summed E-state index contributed by atoms with van der Waals surface area (Å²) in [5.74, 6) is 0. The lowest BCUT2D eigenvalue weighted by Gasteiger charge is -2.16. The second-order valence-corrected chi connectivity index (χ2v) is 3.58. The summed E-state index contributed by atoms with van der Waals surface area (Å²) >= 11 is 0. The van der Waals surface area contributed by atoms with Crippen molar-refractivity contribution in [2.24, 2.45) is 0 Å². The molecule has 0 aliphatic rings. The van der Waals surface area contributed by atoms with E-state index in [1.54, 1.807) is 7.11 Å². The van der Waals surface area contributed by atoms with E-state index >= 15 is 0 Å². The van der Waals surface area contributed by atoms with E-state index in [1.807, 2.05) is 10.9 Å². The Balaban J connectivity index is 2.41. The zero-order valence-electron chi connectivity index (χ0n) is 9.86. The van der Waals surface area contributed by atoms with E-state index < -0.39 is 0 Å². The fourth-order valence-electron chi connectivity index (χ4n) is 1.57. The largest absolute Gasteiger partial charge is 0.383 e. The van der Waals surface area contributed by atoms with Crippen LogP contribution in [0.5, 0.6) is 0 Å². The third-order valence-corrected chi connectivity index (χ3v) is 2.54. The second-order valence-electron chi connectivity index (χ2n) is 3.58. The first-order chi connectivity index (χ1) is 7.31. The zero-order valence-corrected chi connectivity index (χ0v) is 9.86. The number of nitrogens with one attached hydrogen (secondary N) is 1. The van der Waals surface area contributed by atoms with Crippen LogP contribution in [-0.2, 0) is 17.8 Å². The molecule has 86 valence electrons. The first kappa shape index (κ1) is 12.2. The molecule has 0 aromatic carbocycles. The summed E-state index contributed by atoms with van der Waals surface area (Å²) in [5, 5.41) is 7.69. The van der Waals surface area contributed by atoms with Crippen LogP contribution in [0.1, 0.15) is 26.0 Å². The predicted molar refractivity (Wildman–Crippen MR) is 60.7 cm³/mol. The lowest BCUT2D eigenvalue weighted by molar-refractivity contribution is 0.163. The molecule has 0 saturated heterocycles. The first-order valence-electron chi connectivity index (χ1n) is 5.54. The van der Waals surface area contributed by atoms with E-state index in [-0.39, 0.29) is 0 Å². The minimum absolute atomic E-state index is 0.426. The Morgan fingerprint density at radius 3 is 2.93 bits per heavy atom. The van der Waals surface area contributed by atoms with Crippen molar-refractivity contribution in [1.82, 2.24) is 15.1 Å². The van der Waals surface area contributed by atoms with Gasteiger partial charge in [-0.2, -0.15) is 5.10 Å². The summed E-state index contributed by atoms with van der Waals surface area (Å²) in [6.45, 7) is 6.80. The van der Waals surface area contributed by atoms with Gasteiger partial charge in [0.15, 0.2) is 0 Å². The molecule has 0 aliphatic heterocycles. The number of hydrogen-bond acceptors (Lipinski definition) is 3. The molecule has 0 amide bonds. The normalized spacial score (nSPS) is 13.0. The third-order valence-electron chi connectivity index (χ3n) is 2.54. The summed E-state index contributed by atoms with van der Waals surface area (Å²) in [6.07, 6.45) is 2.92. The van der Waals surface area contributed by atoms with Crippen molar-refractivity contribution < 1.29 is 4.74 Å². The van der Waals surface area contributed by atoms with Crippen molar-refractivity contribution in [2.45, 2.75) is 39.4 Å². The van der Waals surface area contributed by atoms with E-state index in [4.69, 9.17) is 4.74 Å². The summed E-state index contributed by atoms with van der Waals surface area (Å²) < 4.78 is 7.14. The molecule has 1 atom stereocenters. The molecule has 15 heavy (non-hydrogen) atoms. The highest BCUT2D eigenvalue weighted by Gasteiger charge is 2.06. The molecule has 4 nitrogen and oxygen atoms in total. The average Bonchev–Trinajstić information content (AvgIpc) is 2.71. The number of methoxy groups -OCH3 is 1. The van der Waals surface area contributed by atoms with Crippen LogP contribution in [0.25, 0.3) is 0 Å². The Morgan fingerprint density at radius 2 is 2.33 bits per heavy atom. The number of rotatable bonds is 7.